The number of halogens is 5. The van der Waals surface area contributed by atoms with Gasteiger partial charge in [-0.1, -0.05) is 17.4 Å². The van der Waals surface area contributed by atoms with E-state index in [9.17, 15) is 31.5 Å². The van der Waals surface area contributed by atoms with Crippen LogP contribution in [0.2, 0.25) is 0 Å². The third-order valence-electron chi connectivity index (χ3n) is 3.92. The molecule has 5 nitrogen and oxygen atoms in total. The van der Waals surface area contributed by atoms with Gasteiger partial charge < -0.3 is 9.30 Å². The lowest BCUT2D eigenvalue weighted by Crippen LogP contribution is -2.23. The number of nitrogens with zero attached hydrogens (tertiary/aromatic N) is 2. The predicted octanol–water partition coefficient (Wildman–Crippen LogP) is 4.30. The molecule has 11 heteroatoms. The number of carbonyl (C=O) groups excluding carboxylic acids is 2. The molecule has 3 aromatic rings. The molecule has 0 saturated heterocycles. The fourth-order valence-electron chi connectivity index (χ4n) is 2.68. The normalized spacial score (nSPS) is 12.4. The van der Waals surface area contributed by atoms with E-state index in [4.69, 9.17) is 4.74 Å². The van der Waals surface area contributed by atoms with E-state index < -0.39 is 41.8 Å². The summed E-state index contributed by atoms with van der Waals surface area (Å²) in [7, 11) is 0. The van der Waals surface area contributed by atoms with Crippen LogP contribution in [-0.4, -0.2) is 23.1 Å². The maximum atomic E-state index is 14.3. The molecule has 0 aliphatic carbocycles. The minimum atomic E-state index is -4.65. The topological polar surface area (TPSA) is 60.7 Å². The molecule has 0 saturated carbocycles. The Balaban J connectivity index is 2.14. The third-order valence-corrected chi connectivity index (χ3v) is 4.95. The fourth-order valence-corrected chi connectivity index (χ4v) is 3.74. The van der Waals surface area contributed by atoms with Crippen molar-refractivity contribution < 1.29 is 36.3 Å². The molecule has 1 heterocycles. The second kappa shape index (κ2) is 8.34. The van der Waals surface area contributed by atoms with Crippen molar-refractivity contribution in [3.05, 3.63) is 64.0 Å². The number of hydrogen-bond donors (Lipinski definition) is 0. The summed E-state index contributed by atoms with van der Waals surface area (Å²) in [6, 6.07) is 5.24. The highest BCUT2D eigenvalue weighted by Gasteiger charge is 2.31. The van der Waals surface area contributed by atoms with Crippen LogP contribution < -0.4 is 4.80 Å². The van der Waals surface area contributed by atoms with Crippen LogP contribution in [0.4, 0.5) is 22.0 Å². The lowest BCUT2D eigenvalue weighted by atomic mass is 10.1. The summed E-state index contributed by atoms with van der Waals surface area (Å²) in [4.78, 5) is 27.9. The predicted molar refractivity (Wildman–Crippen MR) is 97.7 cm³/mol. The first-order chi connectivity index (χ1) is 14.1. The number of hydrogen-bond acceptors (Lipinski definition) is 4. The molecule has 0 aliphatic heterocycles. The maximum Gasteiger partial charge on any atom is 0.416 e. The Morgan fingerprint density at radius 1 is 1.17 bits per heavy atom. The first kappa shape index (κ1) is 21.6. The second-order valence-electron chi connectivity index (χ2n) is 6.01. The Bertz CT molecular complexity index is 1200. The first-order valence-electron chi connectivity index (χ1n) is 8.50. The second-order valence-corrected chi connectivity index (χ2v) is 7.01. The van der Waals surface area contributed by atoms with E-state index in [1.165, 1.54) is 0 Å². The van der Waals surface area contributed by atoms with Crippen LogP contribution in [0.3, 0.4) is 0 Å². The summed E-state index contributed by atoms with van der Waals surface area (Å²) in [5, 5.41) is 0. The number of carbonyl (C=O) groups is 2. The number of benzene rings is 2. The lowest BCUT2D eigenvalue weighted by Gasteiger charge is -2.07. The van der Waals surface area contributed by atoms with Crippen molar-refractivity contribution in [3.63, 3.8) is 0 Å². The molecule has 0 bridgehead atoms. The quantitative estimate of drug-likeness (QED) is 0.445. The van der Waals surface area contributed by atoms with Gasteiger partial charge in [0.05, 0.1) is 22.4 Å². The van der Waals surface area contributed by atoms with Crippen molar-refractivity contribution >= 4 is 33.4 Å². The van der Waals surface area contributed by atoms with Crippen LogP contribution in [0, 0.1) is 11.6 Å². The lowest BCUT2D eigenvalue weighted by molar-refractivity contribution is -0.143. The van der Waals surface area contributed by atoms with Crippen molar-refractivity contribution in [3.8, 4) is 0 Å². The largest absolute Gasteiger partial charge is 0.465 e. The van der Waals surface area contributed by atoms with Gasteiger partial charge in [-0.05, 0) is 31.2 Å². The number of alkyl halides is 3. The fraction of sp³-hybridized carbons (Fsp3) is 0.211. The van der Waals surface area contributed by atoms with Gasteiger partial charge in [0, 0.05) is 11.6 Å². The number of aromatic nitrogens is 1. The van der Waals surface area contributed by atoms with Crippen molar-refractivity contribution in [2.24, 2.45) is 4.99 Å². The highest BCUT2D eigenvalue weighted by molar-refractivity contribution is 7.16. The van der Waals surface area contributed by atoms with E-state index in [0.717, 1.165) is 28.8 Å². The third kappa shape index (κ3) is 4.56. The number of ether oxygens (including phenoxy) is 1. The van der Waals surface area contributed by atoms with Crippen molar-refractivity contribution in [2.75, 3.05) is 6.61 Å². The standard InChI is InChI=1S/C19H13F5N2O3S/c1-2-29-15(27)9-26-16-13(21)7-12(20)8-14(16)30-18(26)25-17(28)10-4-3-5-11(6-10)19(22,23)24/h3-8H,2,9H2,1H3. The summed E-state index contributed by atoms with van der Waals surface area (Å²) in [5.41, 5.74) is -1.56. The van der Waals surface area contributed by atoms with Gasteiger partial charge in [0.1, 0.15) is 12.4 Å². The molecule has 0 aliphatic rings. The SMILES string of the molecule is CCOC(=O)Cn1c(=NC(=O)c2cccc(C(F)(F)F)c2)sc2cc(F)cc(F)c21. The Morgan fingerprint density at radius 3 is 2.57 bits per heavy atom. The van der Waals surface area contributed by atoms with Crippen LogP contribution in [0.5, 0.6) is 0 Å². The number of fused-ring (bicyclic) bond motifs is 1. The van der Waals surface area contributed by atoms with Crippen molar-refractivity contribution in [1.82, 2.24) is 4.57 Å². The summed E-state index contributed by atoms with van der Waals surface area (Å²) >= 11 is 0.711. The summed E-state index contributed by atoms with van der Waals surface area (Å²) in [6.45, 7) is 1.09. The minimum absolute atomic E-state index is 0.0498. The molecule has 30 heavy (non-hydrogen) atoms. The molecule has 0 atom stereocenters. The van der Waals surface area contributed by atoms with E-state index in [1.54, 1.807) is 6.92 Å². The molecular weight excluding hydrogens is 431 g/mol. The van der Waals surface area contributed by atoms with Gasteiger partial charge in [0.15, 0.2) is 10.6 Å². The monoisotopic (exact) mass is 444 g/mol. The molecule has 0 spiro atoms. The zero-order chi connectivity index (χ0) is 22.1. The molecule has 2 aromatic carbocycles. The number of rotatable bonds is 4. The van der Waals surface area contributed by atoms with Gasteiger partial charge in [0.2, 0.25) is 0 Å². The molecule has 158 valence electrons. The highest BCUT2D eigenvalue weighted by atomic mass is 32.1. The van der Waals surface area contributed by atoms with E-state index in [1.807, 2.05) is 0 Å². The van der Waals surface area contributed by atoms with Gasteiger partial charge in [-0.15, -0.1) is 0 Å². The average molecular weight is 444 g/mol. The van der Waals surface area contributed by atoms with Gasteiger partial charge >= 0.3 is 12.1 Å². The molecule has 1 aromatic heterocycles. The smallest absolute Gasteiger partial charge is 0.416 e. The van der Waals surface area contributed by atoms with Crippen LogP contribution in [0.15, 0.2) is 41.4 Å². The summed E-state index contributed by atoms with van der Waals surface area (Å²) < 4.78 is 72.5. The van der Waals surface area contributed by atoms with Crippen LogP contribution in [0.25, 0.3) is 10.2 Å². The van der Waals surface area contributed by atoms with Gasteiger partial charge in [0.25, 0.3) is 5.91 Å². The molecule has 0 N–H and O–H groups in total. The Kier molecular flexibility index (Phi) is 6.01. The first-order valence-corrected chi connectivity index (χ1v) is 9.32. The molecule has 3 rings (SSSR count). The van der Waals surface area contributed by atoms with Crippen LogP contribution in [0.1, 0.15) is 22.8 Å². The van der Waals surface area contributed by atoms with Crippen molar-refractivity contribution in [2.45, 2.75) is 19.6 Å². The van der Waals surface area contributed by atoms with Gasteiger partial charge in [-0.25, -0.2) is 8.78 Å². The Morgan fingerprint density at radius 2 is 1.90 bits per heavy atom. The number of esters is 1. The molecule has 0 radical (unpaired) electrons. The van der Waals surface area contributed by atoms with Crippen LogP contribution >= 0.6 is 11.3 Å². The van der Waals surface area contributed by atoms with E-state index >= 15 is 0 Å². The average Bonchev–Trinajstić information content (AvgIpc) is 2.98. The Labute approximate surface area is 170 Å². The molecule has 0 unspecified atom stereocenters. The zero-order valence-corrected chi connectivity index (χ0v) is 16.1. The molecule has 0 fully saturated rings. The zero-order valence-electron chi connectivity index (χ0n) is 15.3. The van der Waals surface area contributed by atoms with E-state index in [2.05, 4.69) is 4.99 Å². The number of amides is 1. The summed E-state index contributed by atoms with van der Waals surface area (Å²) in [6.07, 6.45) is -4.65. The van der Waals surface area contributed by atoms with Crippen molar-refractivity contribution in [1.29, 1.82) is 0 Å². The maximum absolute atomic E-state index is 14.3. The highest BCUT2D eigenvalue weighted by Crippen LogP contribution is 2.29. The van der Waals surface area contributed by atoms with Gasteiger partial charge in [-0.3, -0.25) is 9.59 Å². The minimum Gasteiger partial charge on any atom is -0.465 e. The van der Waals surface area contributed by atoms with E-state index in [-0.39, 0.29) is 27.2 Å². The van der Waals surface area contributed by atoms with E-state index in [0.29, 0.717) is 23.5 Å². The molecule has 1 amide bonds. The van der Waals surface area contributed by atoms with Crippen LogP contribution in [-0.2, 0) is 22.3 Å². The molecular formula is C19H13F5N2O3S. The Hall–Kier alpha value is -3.08. The number of thiazole rings is 1. The summed E-state index contributed by atoms with van der Waals surface area (Å²) in [5.74, 6) is -3.65. The van der Waals surface area contributed by atoms with Gasteiger partial charge in [-0.2, -0.15) is 18.2 Å².